The van der Waals surface area contributed by atoms with E-state index in [4.69, 9.17) is 0 Å². The maximum absolute atomic E-state index is 13.3. The van der Waals surface area contributed by atoms with Gasteiger partial charge in [0.2, 0.25) is 0 Å². The zero-order valence-electron chi connectivity index (χ0n) is 11.8. The molecule has 4 nitrogen and oxygen atoms in total. The van der Waals surface area contributed by atoms with Gasteiger partial charge in [0.15, 0.2) is 0 Å². The van der Waals surface area contributed by atoms with Crippen molar-refractivity contribution in [2.24, 2.45) is 0 Å². The zero-order valence-corrected chi connectivity index (χ0v) is 11.8. The fraction of sp³-hybridized carbons (Fsp3) is 0.312. The predicted molar refractivity (Wildman–Crippen MR) is 76.1 cm³/mol. The molecule has 1 aromatic heterocycles. The summed E-state index contributed by atoms with van der Waals surface area (Å²) in [5, 5.41) is 0. The summed E-state index contributed by atoms with van der Waals surface area (Å²) in [5.74, 6) is -0.430. The topological polar surface area (TPSA) is 46.1 Å². The molecule has 1 saturated carbocycles. The van der Waals surface area contributed by atoms with Crippen molar-refractivity contribution in [2.45, 2.75) is 32.4 Å². The average Bonchev–Trinajstić information content (AvgIpc) is 3.29. The molecule has 1 aliphatic carbocycles. The Balaban J connectivity index is 1.81. The van der Waals surface area contributed by atoms with Crippen LogP contribution in [0.2, 0.25) is 0 Å². The van der Waals surface area contributed by atoms with Gasteiger partial charge in [0.05, 0.1) is 11.9 Å². The van der Waals surface area contributed by atoms with Crippen LogP contribution in [0.5, 0.6) is 0 Å². The van der Waals surface area contributed by atoms with Gasteiger partial charge in [-0.15, -0.1) is 0 Å². The van der Waals surface area contributed by atoms with Crippen LogP contribution in [0.1, 0.15) is 34.6 Å². The summed E-state index contributed by atoms with van der Waals surface area (Å²) in [6, 6.07) is 6.57. The van der Waals surface area contributed by atoms with E-state index in [1.165, 1.54) is 18.3 Å². The van der Waals surface area contributed by atoms with E-state index in [1.807, 2.05) is 13.0 Å². The number of rotatable bonds is 4. The molecule has 5 heteroatoms. The number of amides is 1. The van der Waals surface area contributed by atoms with Crippen molar-refractivity contribution in [3.63, 3.8) is 0 Å². The van der Waals surface area contributed by atoms with Gasteiger partial charge in [-0.25, -0.2) is 9.37 Å². The summed E-state index contributed by atoms with van der Waals surface area (Å²) in [6.07, 6.45) is 5.06. The monoisotopic (exact) mass is 285 g/mol. The van der Waals surface area contributed by atoms with E-state index in [2.05, 4.69) is 9.97 Å². The third-order valence-corrected chi connectivity index (χ3v) is 3.49. The van der Waals surface area contributed by atoms with Crippen LogP contribution in [0.15, 0.2) is 36.7 Å². The van der Waals surface area contributed by atoms with E-state index < -0.39 is 0 Å². The van der Waals surface area contributed by atoms with E-state index in [-0.39, 0.29) is 17.8 Å². The lowest BCUT2D eigenvalue weighted by Gasteiger charge is -2.22. The average molecular weight is 285 g/mol. The molecule has 1 heterocycles. The molecule has 3 rings (SSSR count). The van der Waals surface area contributed by atoms with Crippen LogP contribution < -0.4 is 0 Å². The quantitative estimate of drug-likeness (QED) is 0.867. The number of halogens is 1. The summed E-state index contributed by atoms with van der Waals surface area (Å²) in [5.41, 5.74) is 1.90. The lowest BCUT2D eigenvalue weighted by Crippen LogP contribution is -2.33. The zero-order chi connectivity index (χ0) is 14.8. The number of aryl methyl sites for hydroxylation is 1. The number of carbonyl (C=O) groups is 1. The van der Waals surface area contributed by atoms with E-state index in [0.29, 0.717) is 12.2 Å². The molecule has 0 radical (unpaired) electrons. The van der Waals surface area contributed by atoms with Gasteiger partial charge in [0.25, 0.3) is 5.91 Å². The Hall–Kier alpha value is -2.30. The SMILES string of the molecule is Cc1cnc(C(=O)N(Cc2cccc(F)c2)C2CC2)cn1. The first-order valence-electron chi connectivity index (χ1n) is 6.97. The molecule has 0 saturated heterocycles. The van der Waals surface area contributed by atoms with E-state index in [9.17, 15) is 9.18 Å². The summed E-state index contributed by atoms with van der Waals surface area (Å²) < 4.78 is 13.3. The van der Waals surface area contributed by atoms with Crippen molar-refractivity contribution in [1.82, 2.24) is 14.9 Å². The molecule has 21 heavy (non-hydrogen) atoms. The second kappa shape index (κ2) is 5.60. The van der Waals surface area contributed by atoms with Gasteiger partial charge in [0.1, 0.15) is 11.5 Å². The van der Waals surface area contributed by atoms with Crippen molar-refractivity contribution < 1.29 is 9.18 Å². The van der Waals surface area contributed by atoms with Gasteiger partial charge in [-0.05, 0) is 37.5 Å². The van der Waals surface area contributed by atoms with Gasteiger partial charge < -0.3 is 4.90 Å². The normalized spacial score (nSPS) is 14.0. The van der Waals surface area contributed by atoms with Crippen molar-refractivity contribution >= 4 is 5.91 Å². The summed E-state index contributed by atoms with van der Waals surface area (Å²) in [6.45, 7) is 2.23. The Morgan fingerprint density at radius 3 is 2.76 bits per heavy atom. The maximum Gasteiger partial charge on any atom is 0.274 e. The molecule has 0 unspecified atom stereocenters. The van der Waals surface area contributed by atoms with Crippen LogP contribution in [-0.2, 0) is 6.54 Å². The maximum atomic E-state index is 13.3. The smallest absolute Gasteiger partial charge is 0.274 e. The fourth-order valence-corrected chi connectivity index (χ4v) is 2.24. The van der Waals surface area contributed by atoms with Crippen LogP contribution in [0.3, 0.4) is 0 Å². The van der Waals surface area contributed by atoms with Crippen LogP contribution >= 0.6 is 0 Å². The minimum Gasteiger partial charge on any atom is -0.330 e. The molecule has 0 bridgehead atoms. The van der Waals surface area contributed by atoms with Crippen molar-refractivity contribution in [1.29, 1.82) is 0 Å². The highest BCUT2D eigenvalue weighted by Crippen LogP contribution is 2.29. The van der Waals surface area contributed by atoms with E-state index in [0.717, 1.165) is 24.1 Å². The van der Waals surface area contributed by atoms with Crippen molar-refractivity contribution in [2.75, 3.05) is 0 Å². The van der Waals surface area contributed by atoms with Gasteiger partial charge >= 0.3 is 0 Å². The molecule has 2 aromatic rings. The largest absolute Gasteiger partial charge is 0.330 e. The highest BCUT2D eigenvalue weighted by Gasteiger charge is 2.33. The standard InChI is InChI=1S/C16H16FN3O/c1-11-8-19-15(9-18-11)16(21)20(14-5-6-14)10-12-3-2-4-13(17)7-12/h2-4,7-9,14H,5-6,10H2,1H3. The van der Waals surface area contributed by atoms with Crippen LogP contribution in [0.4, 0.5) is 4.39 Å². The first-order valence-corrected chi connectivity index (χ1v) is 6.97. The van der Waals surface area contributed by atoms with Crippen LogP contribution in [0.25, 0.3) is 0 Å². The Bertz CT molecular complexity index is 653. The molecule has 108 valence electrons. The van der Waals surface area contributed by atoms with E-state index in [1.54, 1.807) is 17.2 Å². The highest BCUT2D eigenvalue weighted by atomic mass is 19.1. The third-order valence-electron chi connectivity index (χ3n) is 3.49. The molecular weight excluding hydrogens is 269 g/mol. The minimum atomic E-state index is -0.286. The molecule has 1 aliphatic rings. The Morgan fingerprint density at radius 2 is 2.14 bits per heavy atom. The molecule has 1 amide bonds. The third kappa shape index (κ3) is 3.24. The number of nitrogens with zero attached hydrogens (tertiary/aromatic N) is 3. The molecule has 0 aliphatic heterocycles. The van der Waals surface area contributed by atoms with Gasteiger partial charge in [-0.1, -0.05) is 12.1 Å². The molecule has 0 N–H and O–H groups in total. The lowest BCUT2D eigenvalue weighted by atomic mass is 10.2. The number of hydrogen-bond donors (Lipinski definition) is 0. The minimum absolute atomic E-state index is 0.144. The predicted octanol–water partition coefficient (Wildman–Crippen LogP) is 2.73. The number of benzene rings is 1. The van der Waals surface area contributed by atoms with Crippen LogP contribution in [0, 0.1) is 12.7 Å². The van der Waals surface area contributed by atoms with Crippen LogP contribution in [-0.4, -0.2) is 26.8 Å². The second-order valence-corrected chi connectivity index (χ2v) is 5.34. The van der Waals surface area contributed by atoms with Gasteiger partial charge in [0, 0.05) is 18.8 Å². The fourth-order valence-electron chi connectivity index (χ4n) is 2.24. The highest BCUT2D eigenvalue weighted by molar-refractivity contribution is 5.92. The van der Waals surface area contributed by atoms with Crippen molar-refractivity contribution in [3.05, 3.63) is 59.4 Å². The Kier molecular flexibility index (Phi) is 3.64. The summed E-state index contributed by atoms with van der Waals surface area (Å²) in [7, 11) is 0. The van der Waals surface area contributed by atoms with Gasteiger partial charge in [-0.3, -0.25) is 9.78 Å². The summed E-state index contributed by atoms with van der Waals surface area (Å²) >= 11 is 0. The first kappa shape index (κ1) is 13.7. The first-order chi connectivity index (χ1) is 10.1. The lowest BCUT2D eigenvalue weighted by molar-refractivity contribution is 0.0723. The molecule has 1 fully saturated rings. The Labute approximate surface area is 122 Å². The summed E-state index contributed by atoms with van der Waals surface area (Å²) in [4.78, 5) is 22.6. The van der Waals surface area contributed by atoms with Crippen molar-refractivity contribution in [3.8, 4) is 0 Å². The van der Waals surface area contributed by atoms with Gasteiger partial charge in [-0.2, -0.15) is 0 Å². The molecule has 0 spiro atoms. The molecule has 0 atom stereocenters. The molecule has 1 aromatic carbocycles. The second-order valence-electron chi connectivity index (χ2n) is 5.34. The number of carbonyl (C=O) groups excluding carboxylic acids is 1. The van der Waals surface area contributed by atoms with E-state index >= 15 is 0 Å². The number of hydrogen-bond acceptors (Lipinski definition) is 3. The Morgan fingerprint density at radius 1 is 1.33 bits per heavy atom. The number of aromatic nitrogens is 2. The molecular formula is C16H16FN3O.